The number of rotatable bonds is 6. The number of benzene rings is 1. The van der Waals surface area contributed by atoms with Crippen LogP contribution in [0.3, 0.4) is 0 Å². The standard InChI is InChI=1S/C28H37N3O7Si/c1-17-25(39(4,5)36)23(15-24(33)30-12-6-8-19(30)16-32)38-28(17)20-14-18(10-11-21(20)29(2)27(28)35)31-13-7-9-22(37-3)26(31)34/h7,9-11,13-14,17,19,23,25,32,36H,6,8,12,15-16H2,1-5H3/t17-,19-,23+,25-,28+/m0/s1. The minimum Gasteiger partial charge on any atom is -0.491 e. The number of carbonyl (C=O) groups excluding carboxylic acids is 2. The first kappa shape index (κ1) is 27.6. The number of amides is 2. The molecule has 2 fully saturated rings. The van der Waals surface area contributed by atoms with Crippen molar-refractivity contribution in [1.29, 1.82) is 0 Å². The first-order chi connectivity index (χ1) is 18.4. The summed E-state index contributed by atoms with van der Waals surface area (Å²) in [5.41, 5.74) is -0.316. The van der Waals surface area contributed by atoms with Gasteiger partial charge in [-0.15, -0.1) is 0 Å². The SMILES string of the molecule is COc1cccn(-c2ccc3c(c2)[C@@]2(O[C@H](CC(=O)N4CCC[C@H]4CO)[C@@H]([Si](C)(C)O)[C@@H]2C)C(=O)N3C)c1=O. The number of hydrogen-bond acceptors (Lipinski definition) is 7. The Morgan fingerprint density at radius 1 is 1.26 bits per heavy atom. The second kappa shape index (κ2) is 9.88. The van der Waals surface area contributed by atoms with Crippen molar-refractivity contribution >= 4 is 25.8 Å². The number of likely N-dealkylation sites (tertiary alicyclic amines) is 1. The summed E-state index contributed by atoms with van der Waals surface area (Å²) in [5, 5.41) is 9.74. The second-order valence-electron chi connectivity index (χ2n) is 11.4. The van der Waals surface area contributed by atoms with E-state index in [9.17, 15) is 24.3 Å². The smallest absolute Gasteiger partial charge is 0.297 e. The molecule has 210 valence electrons. The minimum atomic E-state index is -2.93. The quantitative estimate of drug-likeness (QED) is 0.523. The molecule has 0 unspecified atom stereocenters. The largest absolute Gasteiger partial charge is 0.491 e. The van der Waals surface area contributed by atoms with Gasteiger partial charge in [0, 0.05) is 42.5 Å². The first-order valence-corrected chi connectivity index (χ1v) is 16.5. The molecule has 5 atom stereocenters. The van der Waals surface area contributed by atoms with Gasteiger partial charge in [-0.05, 0) is 56.3 Å². The number of anilines is 1. The number of aromatic nitrogens is 1. The molecule has 1 spiro atoms. The molecule has 39 heavy (non-hydrogen) atoms. The molecule has 2 saturated heterocycles. The summed E-state index contributed by atoms with van der Waals surface area (Å²) < 4.78 is 13.4. The molecular formula is C28H37N3O7Si. The van der Waals surface area contributed by atoms with Gasteiger partial charge in [-0.2, -0.15) is 0 Å². The van der Waals surface area contributed by atoms with Crippen molar-refractivity contribution in [2.24, 2.45) is 5.92 Å². The van der Waals surface area contributed by atoms with E-state index < -0.39 is 31.5 Å². The lowest BCUT2D eigenvalue weighted by atomic mass is 9.82. The summed E-state index contributed by atoms with van der Waals surface area (Å²) in [6, 6.07) is 8.45. The molecule has 10 nitrogen and oxygen atoms in total. The summed E-state index contributed by atoms with van der Waals surface area (Å²) in [5.74, 6) is -0.628. The maximum Gasteiger partial charge on any atom is 0.297 e. The molecule has 2 aromatic rings. The van der Waals surface area contributed by atoms with Crippen LogP contribution in [-0.4, -0.2) is 79.0 Å². The zero-order valence-electron chi connectivity index (χ0n) is 23.1. The molecule has 0 bridgehead atoms. The molecule has 2 amide bonds. The molecule has 11 heteroatoms. The third-order valence-corrected chi connectivity index (χ3v) is 11.3. The monoisotopic (exact) mass is 555 g/mol. The number of nitrogens with zero attached hydrogens (tertiary/aromatic N) is 3. The van der Waals surface area contributed by atoms with Gasteiger partial charge in [0.15, 0.2) is 19.7 Å². The number of methoxy groups -OCH3 is 1. The molecule has 1 aromatic heterocycles. The molecule has 0 radical (unpaired) electrons. The van der Waals surface area contributed by atoms with Crippen LogP contribution in [0.1, 0.15) is 31.7 Å². The number of aliphatic hydroxyl groups excluding tert-OH is 1. The number of pyridine rings is 1. The molecule has 3 aliphatic heterocycles. The van der Waals surface area contributed by atoms with Crippen molar-refractivity contribution < 1.29 is 29.0 Å². The van der Waals surface area contributed by atoms with E-state index in [0.29, 0.717) is 23.5 Å². The van der Waals surface area contributed by atoms with Crippen LogP contribution in [0, 0.1) is 5.92 Å². The Bertz CT molecular complexity index is 1360. The van der Waals surface area contributed by atoms with Crippen molar-refractivity contribution in [3.63, 3.8) is 0 Å². The van der Waals surface area contributed by atoms with Crippen LogP contribution in [0.15, 0.2) is 41.3 Å². The first-order valence-electron chi connectivity index (χ1n) is 13.4. The molecule has 5 rings (SSSR count). The van der Waals surface area contributed by atoms with Gasteiger partial charge in [-0.1, -0.05) is 6.92 Å². The van der Waals surface area contributed by atoms with Gasteiger partial charge in [0.2, 0.25) is 5.91 Å². The van der Waals surface area contributed by atoms with Crippen LogP contribution in [0.2, 0.25) is 18.6 Å². The van der Waals surface area contributed by atoms with Crippen molar-refractivity contribution in [3.05, 3.63) is 52.4 Å². The van der Waals surface area contributed by atoms with E-state index in [4.69, 9.17) is 9.47 Å². The molecule has 3 aliphatic rings. The maximum absolute atomic E-state index is 14.0. The van der Waals surface area contributed by atoms with Crippen LogP contribution >= 0.6 is 0 Å². The van der Waals surface area contributed by atoms with Crippen molar-refractivity contribution in [2.45, 2.75) is 62.6 Å². The Labute approximate surface area is 228 Å². The zero-order chi connectivity index (χ0) is 28.3. The molecular weight excluding hydrogens is 518 g/mol. The van der Waals surface area contributed by atoms with Gasteiger partial charge in [-0.3, -0.25) is 19.0 Å². The summed E-state index contributed by atoms with van der Waals surface area (Å²) in [6.45, 7) is 6.03. The van der Waals surface area contributed by atoms with E-state index in [1.165, 1.54) is 11.7 Å². The Morgan fingerprint density at radius 3 is 2.67 bits per heavy atom. The third-order valence-electron chi connectivity index (χ3n) is 8.79. The van der Waals surface area contributed by atoms with E-state index in [2.05, 4.69) is 0 Å². The third kappa shape index (κ3) is 4.23. The number of likely N-dealkylation sites (N-methyl/N-ethyl adjacent to an activating group) is 1. The van der Waals surface area contributed by atoms with Crippen molar-refractivity contribution in [2.75, 3.05) is 32.2 Å². The van der Waals surface area contributed by atoms with Crippen LogP contribution in [0.25, 0.3) is 5.69 Å². The van der Waals surface area contributed by atoms with E-state index in [1.807, 2.05) is 20.0 Å². The van der Waals surface area contributed by atoms with Crippen LogP contribution < -0.4 is 15.2 Å². The Balaban J connectivity index is 1.59. The number of aliphatic hydroxyl groups is 1. The molecule has 2 N–H and O–H groups in total. The van der Waals surface area contributed by atoms with Crippen LogP contribution in [0.4, 0.5) is 5.69 Å². The van der Waals surface area contributed by atoms with E-state index in [0.717, 1.165) is 12.8 Å². The predicted molar refractivity (Wildman–Crippen MR) is 148 cm³/mol. The number of carbonyl (C=O) groups is 2. The maximum atomic E-state index is 14.0. The summed E-state index contributed by atoms with van der Waals surface area (Å²) in [4.78, 5) is 55.0. The highest BCUT2D eigenvalue weighted by Crippen LogP contribution is 2.59. The Kier molecular flexibility index (Phi) is 6.99. The van der Waals surface area contributed by atoms with E-state index in [1.54, 1.807) is 53.4 Å². The summed E-state index contributed by atoms with van der Waals surface area (Å²) >= 11 is 0. The Morgan fingerprint density at radius 2 is 2.00 bits per heavy atom. The zero-order valence-corrected chi connectivity index (χ0v) is 24.1. The van der Waals surface area contributed by atoms with Crippen LogP contribution in [0.5, 0.6) is 5.75 Å². The van der Waals surface area contributed by atoms with Gasteiger partial charge in [0.1, 0.15) is 0 Å². The molecule has 0 saturated carbocycles. The minimum absolute atomic E-state index is 0.0195. The molecule has 1 aromatic carbocycles. The second-order valence-corrected chi connectivity index (χ2v) is 15.4. The van der Waals surface area contributed by atoms with E-state index >= 15 is 0 Å². The Hall–Kier alpha value is -2.99. The highest BCUT2D eigenvalue weighted by atomic mass is 28.4. The lowest BCUT2D eigenvalue weighted by Crippen LogP contribution is -2.45. The number of ether oxygens (including phenoxy) is 2. The topological polar surface area (TPSA) is 122 Å². The van der Waals surface area contributed by atoms with Gasteiger partial charge in [0.25, 0.3) is 11.5 Å². The predicted octanol–water partition coefficient (Wildman–Crippen LogP) is 1.99. The molecule has 0 aliphatic carbocycles. The average Bonchev–Trinajstić information content (AvgIpc) is 3.55. The lowest BCUT2D eigenvalue weighted by Gasteiger charge is -2.32. The number of hydrogen-bond donors (Lipinski definition) is 2. The average molecular weight is 556 g/mol. The van der Waals surface area contributed by atoms with Gasteiger partial charge in [0.05, 0.1) is 38.0 Å². The van der Waals surface area contributed by atoms with Gasteiger partial charge < -0.3 is 29.2 Å². The number of fused-ring (bicyclic) bond motifs is 2. The lowest BCUT2D eigenvalue weighted by molar-refractivity contribution is -0.149. The van der Waals surface area contributed by atoms with Gasteiger partial charge >= 0.3 is 0 Å². The van der Waals surface area contributed by atoms with Crippen LogP contribution in [-0.2, 0) is 19.9 Å². The van der Waals surface area contributed by atoms with Gasteiger partial charge in [-0.25, -0.2) is 0 Å². The van der Waals surface area contributed by atoms with E-state index in [-0.39, 0.29) is 42.2 Å². The van der Waals surface area contributed by atoms with Crippen molar-refractivity contribution in [1.82, 2.24) is 9.47 Å². The fourth-order valence-corrected chi connectivity index (χ4v) is 9.55. The molecule has 4 heterocycles. The normalized spacial score (nSPS) is 28.4. The summed E-state index contributed by atoms with van der Waals surface area (Å²) in [6.07, 6.45) is 2.56. The fraction of sp³-hybridized carbons (Fsp3) is 0.536. The summed E-state index contributed by atoms with van der Waals surface area (Å²) in [7, 11) is 0.192. The fourth-order valence-electron chi connectivity index (χ4n) is 7.00. The highest BCUT2D eigenvalue weighted by Gasteiger charge is 2.66. The van der Waals surface area contributed by atoms with Crippen molar-refractivity contribution in [3.8, 4) is 11.4 Å². The highest BCUT2D eigenvalue weighted by molar-refractivity contribution is 6.71.